The molecule has 0 bridgehead atoms. The van der Waals surface area contributed by atoms with Gasteiger partial charge in [-0.2, -0.15) is 0 Å². The predicted octanol–water partition coefficient (Wildman–Crippen LogP) is 0.339. The van der Waals surface area contributed by atoms with Crippen LogP contribution in [-0.4, -0.2) is 31.0 Å². The molecule has 0 unspecified atom stereocenters. The number of carbonyl (C=O) groups excluding carboxylic acids is 1. The summed E-state index contributed by atoms with van der Waals surface area (Å²) >= 11 is 0. The Hall–Kier alpha value is -1.42. The Morgan fingerprint density at radius 3 is 2.86 bits per heavy atom. The molecular formula is C10H15N3O. The molecule has 14 heavy (non-hydrogen) atoms. The number of nitrogens with zero attached hydrogens (tertiary/aromatic N) is 1. The largest absolute Gasteiger partial charge is 0.351 e. The zero-order valence-electron chi connectivity index (χ0n) is 8.50. The molecule has 4 nitrogen and oxygen atoms in total. The van der Waals surface area contributed by atoms with Crippen molar-refractivity contribution >= 4 is 5.91 Å². The number of carbonyl (C=O) groups is 1. The van der Waals surface area contributed by atoms with Gasteiger partial charge in [-0.05, 0) is 25.6 Å². The van der Waals surface area contributed by atoms with E-state index in [1.807, 2.05) is 20.0 Å². The summed E-state index contributed by atoms with van der Waals surface area (Å²) in [7, 11) is 1.85. The van der Waals surface area contributed by atoms with Gasteiger partial charge in [0.25, 0.3) is 5.91 Å². The molecule has 1 aromatic rings. The van der Waals surface area contributed by atoms with Crippen LogP contribution >= 0.6 is 0 Å². The SMILES string of the molecule is CNCCNC(=O)c1cncc(C)c1. The Kier molecular flexibility index (Phi) is 4.07. The van der Waals surface area contributed by atoms with E-state index in [0.717, 1.165) is 12.1 Å². The molecule has 1 aromatic heterocycles. The second kappa shape index (κ2) is 5.34. The third kappa shape index (κ3) is 3.14. The van der Waals surface area contributed by atoms with Crippen molar-refractivity contribution < 1.29 is 4.79 Å². The lowest BCUT2D eigenvalue weighted by atomic mass is 10.2. The first-order chi connectivity index (χ1) is 6.74. The van der Waals surface area contributed by atoms with Gasteiger partial charge in [-0.15, -0.1) is 0 Å². The van der Waals surface area contributed by atoms with Crippen LogP contribution in [0.4, 0.5) is 0 Å². The van der Waals surface area contributed by atoms with Crippen molar-refractivity contribution in [2.24, 2.45) is 0 Å². The topological polar surface area (TPSA) is 54.0 Å². The highest BCUT2D eigenvalue weighted by Crippen LogP contribution is 2.00. The Bertz CT molecular complexity index is 312. The van der Waals surface area contributed by atoms with Crippen LogP contribution in [0.2, 0.25) is 0 Å². The van der Waals surface area contributed by atoms with Crippen molar-refractivity contribution in [3.05, 3.63) is 29.6 Å². The van der Waals surface area contributed by atoms with E-state index in [-0.39, 0.29) is 5.91 Å². The Morgan fingerprint density at radius 2 is 2.21 bits per heavy atom. The summed E-state index contributed by atoms with van der Waals surface area (Å²) in [6.07, 6.45) is 3.30. The van der Waals surface area contributed by atoms with Crippen LogP contribution in [0.25, 0.3) is 0 Å². The zero-order valence-corrected chi connectivity index (χ0v) is 8.50. The summed E-state index contributed by atoms with van der Waals surface area (Å²) in [5, 5.41) is 5.74. The third-order valence-corrected chi connectivity index (χ3v) is 1.80. The highest BCUT2D eigenvalue weighted by Gasteiger charge is 2.03. The lowest BCUT2D eigenvalue weighted by molar-refractivity contribution is 0.0953. The smallest absolute Gasteiger partial charge is 0.252 e. The van der Waals surface area contributed by atoms with Gasteiger partial charge in [0.1, 0.15) is 0 Å². The van der Waals surface area contributed by atoms with Crippen LogP contribution < -0.4 is 10.6 Å². The summed E-state index contributed by atoms with van der Waals surface area (Å²) in [5.74, 6) is -0.0727. The molecule has 0 radical (unpaired) electrons. The van der Waals surface area contributed by atoms with Crippen LogP contribution in [0, 0.1) is 6.92 Å². The second-order valence-corrected chi connectivity index (χ2v) is 3.11. The van der Waals surface area contributed by atoms with Gasteiger partial charge in [-0.25, -0.2) is 0 Å². The fourth-order valence-electron chi connectivity index (χ4n) is 1.08. The van der Waals surface area contributed by atoms with Crippen molar-refractivity contribution in [1.82, 2.24) is 15.6 Å². The second-order valence-electron chi connectivity index (χ2n) is 3.11. The quantitative estimate of drug-likeness (QED) is 0.678. The molecule has 0 aliphatic rings. The number of likely N-dealkylation sites (N-methyl/N-ethyl adjacent to an activating group) is 1. The van der Waals surface area contributed by atoms with E-state index in [0.29, 0.717) is 12.1 Å². The highest BCUT2D eigenvalue weighted by atomic mass is 16.1. The molecule has 0 saturated carbocycles. The lowest BCUT2D eigenvalue weighted by Crippen LogP contribution is -2.30. The fourth-order valence-corrected chi connectivity index (χ4v) is 1.08. The maximum atomic E-state index is 11.5. The molecular weight excluding hydrogens is 178 g/mol. The van der Waals surface area contributed by atoms with Crippen molar-refractivity contribution in [2.75, 3.05) is 20.1 Å². The van der Waals surface area contributed by atoms with Gasteiger partial charge in [0.2, 0.25) is 0 Å². The number of aromatic nitrogens is 1. The summed E-state index contributed by atoms with van der Waals surface area (Å²) < 4.78 is 0. The van der Waals surface area contributed by atoms with Crippen LogP contribution in [0.1, 0.15) is 15.9 Å². The van der Waals surface area contributed by atoms with Crippen LogP contribution in [0.15, 0.2) is 18.5 Å². The molecule has 0 atom stereocenters. The Labute approximate surface area is 83.7 Å². The number of pyridine rings is 1. The summed E-state index contributed by atoms with van der Waals surface area (Å²) in [5.41, 5.74) is 1.60. The van der Waals surface area contributed by atoms with Crippen molar-refractivity contribution in [3.63, 3.8) is 0 Å². The molecule has 0 spiro atoms. The fraction of sp³-hybridized carbons (Fsp3) is 0.400. The molecule has 0 fully saturated rings. The van der Waals surface area contributed by atoms with Crippen molar-refractivity contribution in [2.45, 2.75) is 6.92 Å². The molecule has 1 amide bonds. The minimum absolute atomic E-state index is 0.0727. The highest BCUT2D eigenvalue weighted by molar-refractivity contribution is 5.93. The van der Waals surface area contributed by atoms with E-state index in [1.54, 1.807) is 12.4 Å². The van der Waals surface area contributed by atoms with E-state index in [1.165, 1.54) is 0 Å². The van der Waals surface area contributed by atoms with E-state index < -0.39 is 0 Å². The van der Waals surface area contributed by atoms with Crippen molar-refractivity contribution in [1.29, 1.82) is 0 Å². The molecule has 0 aliphatic carbocycles. The normalized spacial score (nSPS) is 9.86. The number of amides is 1. The standard InChI is InChI=1S/C10H15N3O/c1-8-5-9(7-12-6-8)10(14)13-4-3-11-2/h5-7,11H,3-4H2,1-2H3,(H,13,14). The molecule has 0 saturated heterocycles. The van der Waals surface area contributed by atoms with Crippen LogP contribution in [-0.2, 0) is 0 Å². The number of aryl methyl sites for hydroxylation is 1. The van der Waals surface area contributed by atoms with Gasteiger partial charge >= 0.3 is 0 Å². The molecule has 1 heterocycles. The first-order valence-corrected chi connectivity index (χ1v) is 4.58. The van der Waals surface area contributed by atoms with E-state index >= 15 is 0 Å². The number of hydrogen-bond acceptors (Lipinski definition) is 3. The predicted molar refractivity (Wildman–Crippen MR) is 55.2 cm³/mol. The average Bonchev–Trinajstić information content (AvgIpc) is 2.18. The third-order valence-electron chi connectivity index (χ3n) is 1.80. The van der Waals surface area contributed by atoms with E-state index in [2.05, 4.69) is 15.6 Å². The first kappa shape index (κ1) is 10.7. The zero-order chi connectivity index (χ0) is 10.4. The number of rotatable bonds is 4. The molecule has 1 rings (SSSR count). The lowest BCUT2D eigenvalue weighted by Gasteiger charge is -2.04. The molecule has 4 heteroatoms. The Morgan fingerprint density at radius 1 is 1.43 bits per heavy atom. The van der Waals surface area contributed by atoms with Crippen LogP contribution in [0.3, 0.4) is 0 Å². The maximum absolute atomic E-state index is 11.5. The van der Waals surface area contributed by atoms with Gasteiger partial charge in [0.05, 0.1) is 5.56 Å². The van der Waals surface area contributed by atoms with Crippen molar-refractivity contribution in [3.8, 4) is 0 Å². The van der Waals surface area contributed by atoms with Gasteiger partial charge < -0.3 is 10.6 Å². The molecule has 76 valence electrons. The molecule has 0 aliphatic heterocycles. The van der Waals surface area contributed by atoms with Gasteiger partial charge in [-0.1, -0.05) is 0 Å². The van der Waals surface area contributed by atoms with Gasteiger partial charge in [0, 0.05) is 25.5 Å². The summed E-state index contributed by atoms with van der Waals surface area (Å²) in [6.45, 7) is 3.31. The van der Waals surface area contributed by atoms with E-state index in [9.17, 15) is 4.79 Å². The van der Waals surface area contributed by atoms with E-state index in [4.69, 9.17) is 0 Å². The Balaban J connectivity index is 2.52. The average molecular weight is 193 g/mol. The number of nitrogens with one attached hydrogen (secondary N) is 2. The van der Waals surface area contributed by atoms with Gasteiger partial charge in [0.15, 0.2) is 0 Å². The molecule has 2 N–H and O–H groups in total. The van der Waals surface area contributed by atoms with Gasteiger partial charge in [-0.3, -0.25) is 9.78 Å². The first-order valence-electron chi connectivity index (χ1n) is 4.58. The summed E-state index contributed by atoms with van der Waals surface area (Å²) in [6, 6.07) is 1.82. The maximum Gasteiger partial charge on any atom is 0.252 e. The minimum Gasteiger partial charge on any atom is -0.351 e. The molecule has 0 aromatic carbocycles. The number of hydrogen-bond donors (Lipinski definition) is 2. The minimum atomic E-state index is -0.0727. The van der Waals surface area contributed by atoms with Crippen LogP contribution in [0.5, 0.6) is 0 Å². The summed E-state index contributed by atoms with van der Waals surface area (Å²) in [4.78, 5) is 15.4. The monoisotopic (exact) mass is 193 g/mol.